The van der Waals surface area contributed by atoms with Gasteiger partial charge in [-0.15, -0.1) is 0 Å². The Morgan fingerprint density at radius 2 is 1.77 bits per heavy atom. The smallest absolute Gasteiger partial charge is 0.202 e. The van der Waals surface area contributed by atoms with Crippen LogP contribution in [0, 0.1) is 19.3 Å². The van der Waals surface area contributed by atoms with E-state index in [0.29, 0.717) is 21.9 Å². The highest BCUT2D eigenvalue weighted by molar-refractivity contribution is 5.83. The molecule has 1 aliphatic rings. The summed E-state index contributed by atoms with van der Waals surface area (Å²) in [5.41, 5.74) is 6.27. The molecule has 0 amide bonds. The zero-order valence-corrected chi connectivity index (χ0v) is 20.5. The second-order valence-electron chi connectivity index (χ2n) is 10.2. The maximum Gasteiger partial charge on any atom is 0.202 e. The summed E-state index contributed by atoms with van der Waals surface area (Å²) in [4.78, 5) is 15.6. The van der Waals surface area contributed by atoms with Crippen LogP contribution in [0.15, 0.2) is 44.8 Å². The van der Waals surface area contributed by atoms with Crippen molar-refractivity contribution in [1.29, 1.82) is 0 Å². The first-order chi connectivity index (χ1) is 14.5. The molecular weight excluding hydrogens is 384 g/mol. The van der Waals surface area contributed by atoms with E-state index in [1.54, 1.807) is 0 Å². The van der Waals surface area contributed by atoms with Gasteiger partial charge in [-0.1, -0.05) is 31.6 Å². The Hall–Kier alpha value is -2.49. The molecule has 31 heavy (non-hydrogen) atoms. The predicted octanol–water partition coefficient (Wildman–Crippen LogP) is 6.56. The molecule has 2 aromatic rings. The molecule has 0 aliphatic carbocycles. The maximum atomic E-state index is 13.3. The van der Waals surface area contributed by atoms with Crippen molar-refractivity contribution in [1.82, 2.24) is 5.32 Å². The molecule has 1 unspecified atom stereocenters. The van der Waals surface area contributed by atoms with Crippen LogP contribution >= 0.6 is 0 Å². The highest BCUT2D eigenvalue weighted by atomic mass is 16.4. The summed E-state index contributed by atoms with van der Waals surface area (Å²) in [6.45, 7) is 18.8. The summed E-state index contributed by atoms with van der Waals surface area (Å²) in [5.74, 6) is 0.738. The number of anilines is 1. The van der Waals surface area contributed by atoms with E-state index in [1.165, 1.54) is 5.57 Å². The molecule has 1 atom stereocenters. The lowest BCUT2D eigenvalue weighted by atomic mass is 9.82. The third-order valence-corrected chi connectivity index (χ3v) is 6.35. The lowest BCUT2D eigenvalue weighted by molar-refractivity contribution is 0.274. The normalized spacial score (nSPS) is 17.5. The summed E-state index contributed by atoms with van der Waals surface area (Å²) in [6.07, 6.45) is 6.39. The van der Waals surface area contributed by atoms with Crippen LogP contribution in [0.25, 0.3) is 11.0 Å². The number of aryl methyl sites for hydroxylation is 1. The number of rotatable bonds is 5. The van der Waals surface area contributed by atoms with Crippen LogP contribution in [-0.2, 0) is 0 Å². The maximum absolute atomic E-state index is 13.3. The van der Waals surface area contributed by atoms with E-state index in [4.69, 9.17) is 4.42 Å². The number of piperidine rings is 1. The van der Waals surface area contributed by atoms with Crippen molar-refractivity contribution in [2.45, 2.75) is 74.3 Å². The van der Waals surface area contributed by atoms with E-state index in [-0.39, 0.29) is 11.5 Å². The summed E-state index contributed by atoms with van der Waals surface area (Å²) < 4.78 is 6.52. The van der Waals surface area contributed by atoms with Crippen LogP contribution in [0.2, 0.25) is 0 Å². The van der Waals surface area contributed by atoms with Gasteiger partial charge < -0.3 is 14.6 Å². The van der Waals surface area contributed by atoms with Gasteiger partial charge in [0, 0.05) is 24.4 Å². The monoisotopic (exact) mass is 422 g/mol. The summed E-state index contributed by atoms with van der Waals surface area (Å²) >= 11 is 0. The molecule has 0 saturated carbocycles. The molecule has 4 heteroatoms. The molecule has 4 nitrogen and oxygen atoms in total. The average molecular weight is 423 g/mol. The highest BCUT2D eigenvalue weighted by Gasteiger charge is 2.28. The zero-order chi connectivity index (χ0) is 22.9. The van der Waals surface area contributed by atoms with Gasteiger partial charge in [-0.25, -0.2) is 0 Å². The Balaban J connectivity index is 2.06. The van der Waals surface area contributed by atoms with Crippen LogP contribution in [-0.4, -0.2) is 13.1 Å². The van der Waals surface area contributed by atoms with Gasteiger partial charge in [0.2, 0.25) is 5.88 Å². The number of fused-ring (bicyclic) bond motifs is 1. The Morgan fingerprint density at radius 3 is 2.39 bits per heavy atom. The zero-order valence-electron chi connectivity index (χ0n) is 20.5. The Bertz CT molecular complexity index is 1070. The lowest BCUT2D eigenvalue weighted by Gasteiger charge is -2.37. The van der Waals surface area contributed by atoms with Crippen LogP contribution in [0.3, 0.4) is 0 Å². The first kappa shape index (κ1) is 23.2. The minimum absolute atomic E-state index is 0.0169. The minimum Gasteiger partial charge on any atom is -0.440 e. The van der Waals surface area contributed by atoms with Crippen molar-refractivity contribution < 1.29 is 4.42 Å². The number of benzene rings is 1. The molecular formula is C27H38N2O2. The first-order valence-electron chi connectivity index (χ1n) is 11.4. The third-order valence-electron chi connectivity index (χ3n) is 6.35. The van der Waals surface area contributed by atoms with Gasteiger partial charge in [0.25, 0.3) is 0 Å². The largest absolute Gasteiger partial charge is 0.440 e. The van der Waals surface area contributed by atoms with Gasteiger partial charge in [-0.05, 0) is 77.5 Å². The third kappa shape index (κ3) is 5.23. The molecule has 0 spiro atoms. The number of allylic oxidation sites excluding steroid dienone is 4. The van der Waals surface area contributed by atoms with E-state index < -0.39 is 0 Å². The predicted molar refractivity (Wildman–Crippen MR) is 132 cm³/mol. The molecule has 1 aromatic carbocycles. The van der Waals surface area contributed by atoms with Gasteiger partial charge in [0.1, 0.15) is 5.58 Å². The number of hydrogen-bond acceptors (Lipinski definition) is 4. The van der Waals surface area contributed by atoms with Crippen molar-refractivity contribution in [3.05, 3.63) is 62.5 Å². The topological polar surface area (TPSA) is 45.5 Å². The molecule has 1 saturated heterocycles. The molecule has 1 N–H and O–H groups in total. The van der Waals surface area contributed by atoms with Gasteiger partial charge >= 0.3 is 0 Å². The van der Waals surface area contributed by atoms with E-state index in [1.807, 2.05) is 19.9 Å². The molecule has 0 radical (unpaired) electrons. The van der Waals surface area contributed by atoms with Crippen LogP contribution < -0.4 is 15.6 Å². The quantitative estimate of drug-likeness (QED) is 0.555. The SMILES string of the molecule is CC(C)=C/C=C(\C)NC(C)c1cc(C)cc2c(=O)c(C)c(N3CCC(C)(C)CC3)oc12. The van der Waals surface area contributed by atoms with Gasteiger partial charge in [0.05, 0.1) is 17.0 Å². The molecule has 1 fully saturated rings. The fraction of sp³-hybridized carbons (Fsp3) is 0.519. The Labute approximate surface area is 187 Å². The van der Waals surface area contributed by atoms with E-state index in [0.717, 1.165) is 48.6 Å². The van der Waals surface area contributed by atoms with Crippen LogP contribution in [0.4, 0.5) is 5.88 Å². The summed E-state index contributed by atoms with van der Waals surface area (Å²) in [7, 11) is 0. The lowest BCUT2D eigenvalue weighted by Crippen LogP contribution is -2.38. The molecule has 1 aliphatic heterocycles. The molecule has 0 bridgehead atoms. The van der Waals surface area contributed by atoms with Gasteiger partial charge in [-0.3, -0.25) is 4.79 Å². The summed E-state index contributed by atoms with van der Waals surface area (Å²) in [6, 6.07) is 4.11. The first-order valence-corrected chi connectivity index (χ1v) is 11.4. The van der Waals surface area contributed by atoms with E-state index >= 15 is 0 Å². The summed E-state index contributed by atoms with van der Waals surface area (Å²) in [5, 5.41) is 4.23. The second-order valence-corrected chi connectivity index (χ2v) is 10.2. The molecule has 2 heterocycles. The minimum atomic E-state index is 0.0169. The number of nitrogens with zero attached hydrogens (tertiary/aromatic N) is 1. The van der Waals surface area contributed by atoms with Crippen LogP contribution in [0.1, 0.15) is 77.1 Å². The Morgan fingerprint density at radius 1 is 1.13 bits per heavy atom. The average Bonchev–Trinajstić information content (AvgIpc) is 2.69. The van der Waals surface area contributed by atoms with Crippen molar-refractivity contribution in [2.75, 3.05) is 18.0 Å². The van der Waals surface area contributed by atoms with Crippen molar-refractivity contribution in [3.63, 3.8) is 0 Å². The highest BCUT2D eigenvalue weighted by Crippen LogP contribution is 2.35. The van der Waals surface area contributed by atoms with Crippen LogP contribution in [0.5, 0.6) is 0 Å². The molecule has 3 rings (SSSR count). The second kappa shape index (κ2) is 8.94. The standard InChI is InChI=1S/C27H38N2O2/c1-17(2)9-10-19(4)28-21(6)22-15-18(3)16-23-24(30)20(5)26(31-25(22)23)29-13-11-27(7,8)12-14-29/h9-10,15-16,21,28H,11-14H2,1-8H3/b19-10+. The van der Waals surface area contributed by atoms with E-state index in [9.17, 15) is 4.79 Å². The van der Waals surface area contributed by atoms with Gasteiger partial charge in [-0.2, -0.15) is 0 Å². The Kier molecular flexibility index (Phi) is 6.68. The fourth-order valence-electron chi connectivity index (χ4n) is 4.25. The fourth-order valence-corrected chi connectivity index (χ4v) is 4.25. The number of nitrogens with one attached hydrogen (secondary N) is 1. The van der Waals surface area contributed by atoms with Crippen molar-refractivity contribution >= 4 is 16.9 Å². The molecule has 1 aromatic heterocycles. The van der Waals surface area contributed by atoms with E-state index in [2.05, 4.69) is 70.0 Å². The van der Waals surface area contributed by atoms with Crippen molar-refractivity contribution in [3.8, 4) is 0 Å². The van der Waals surface area contributed by atoms with Gasteiger partial charge in [0.15, 0.2) is 5.43 Å². The molecule has 168 valence electrons. The number of hydrogen-bond donors (Lipinski definition) is 1. The van der Waals surface area contributed by atoms with Crippen molar-refractivity contribution in [2.24, 2.45) is 5.41 Å².